The molecular formula is C22H21N5O5S. The molecule has 0 atom stereocenters. The number of carbonyl (C=O) groups excluding carboxylic acids is 2. The highest BCUT2D eigenvalue weighted by atomic mass is 32.1. The minimum absolute atomic E-state index is 0.0141. The molecule has 33 heavy (non-hydrogen) atoms. The van der Waals surface area contributed by atoms with Crippen molar-refractivity contribution in [2.45, 2.75) is 20.8 Å². The topological polar surface area (TPSA) is 146 Å². The van der Waals surface area contributed by atoms with Crippen LogP contribution in [0.1, 0.15) is 43.9 Å². The summed E-state index contributed by atoms with van der Waals surface area (Å²) in [6.45, 7) is 4.86. The molecule has 4 heterocycles. The van der Waals surface area contributed by atoms with Crippen LogP contribution >= 0.6 is 11.3 Å². The molecule has 0 aromatic carbocycles. The number of hydrogen-bond acceptors (Lipinski definition) is 8. The van der Waals surface area contributed by atoms with Crippen LogP contribution in [-0.4, -0.2) is 30.7 Å². The summed E-state index contributed by atoms with van der Waals surface area (Å²) in [5.74, 6) is -0.294. The third-order valence-electron chi connectivity index (χ3n) is 5.53. The molecule has 0 fully saturated rings. The molecule has 0 unspecified atom stereocenters. The smallest absolute Gasteiger partial charge is 0.332 e. The summed E-state index contributed by atoms with van der Waals surface area (Å²) in [5.41, 5.74) is 6.97. The van der Waals surface area contributed by atoms with Crippen LogP contribution in [0.25, 0.3) is 22.0 Å². The van der Waals surface area contributed by atoms with Gasteiger partial charge in [0.15, 0.2) is 11.5 Å². The maximum atomic E-state index is 13.6. The molecule has 3 N–H and O–H groups in total. The fourth-order valence-corrected chi connectivity index (χ4v) is 4.90. The summed E-state index contributed by atoms with van der Waals surface area (Å²) in [6.07, 6.45) is 1.44. The van der Waals surface area contributed by atoms with E-state index in [1.165, 1.54) is 27.3 Å². The zero-order chi connectivity index (χ0) is 24.2. The molecule has 0 saturated heterocycles. The van der Waals surface area contributed by atoms with Crippen molar-refractivity contribution in [2.75, 3.05) is 5.73 Å². The van der Waals surface area contributed by atoms with Crippen LogP contribution in [0.4, 0.5) is 5.82 Å². The van der Waals surface area contributed by atoms with Gasteiger partial charge in [0.25, 0.3) is 5.56 Å². The quantitative estimate of drug-likeness (QED) is 0.429. The molecular weight excluding hydrogens is 446 g/mol. The normalized spacial score (nSPS) is 11.2. The van der Waals surface area contributed by atoms with Crippen molar-refractivity contribution in [1.29, 1.82) is 0 Å². The number of aromatic amines is 1. The van der Waals surface area contributed by atoms with Gasteiger partial charge in [-0.25, -0.2) is 9.78 Å². The summed E-state index contributed by atoms with van der Waals surface area (Å²) >= 11 is 0.963. The predicted molar refractivity (Wildman–Crippen MR) is 124 cm³/mol. The number of furan rings is 1. The number of H-pyrrole nitrogens is 1. The van der Waals surface area contributed by atoms with E-state index in [1.807, 2.05) is 0 Å². The van der Waals surface area contributed by atoms with Gasteiger partial charge in [-0.1, -0.05) is 0 Å². The van der Waals surface area contributed by atoms with E-state index in [9.17, 15) is 19.2 Å². The zero-order valence-electron chi connectivity index (χ0n) is 18.6. The number of carbonyl (C=O) groups is 2. The zero-order valence-corrected chi connectivity index (χ0v) is 19.4. The Morgan fingerprint density at radius 2 is 1.88 bits per heavy atom. The van der Waals surface area contributed by atoms with E-state index in [-0.39, 0.29) is 38.4 Å². The maximum absolute atomic E-state index is 13.6. The summed E-state index contributed by atoms with van der Waals surface area (Å²) < 4.78 is 7.55. The van der Waals surface area contributed by atoms with Gasteiger partial charge >= 0.3 is 5.69 Å². The first-order chi connectivity index (χ1) is 15.5. The lowest BCUT2D eigenvalue weighted by atomic mass is 10.0. The van der Waals surface area contributed by atoms with Crippen molar-refractivity contribution in [3.8, 4) is 22.0 Å². The van der Waals surface area contributed by atoms with Crippen molar-refractivity contribution >= 4 is 28.7 Å². The number of nitrogens with zero attached hydrogens (tertiary/aromatic N) is 3. The van der Waals surface area contributed by atoms with Crippen molar-refractivity contribution < 1.29 is 14.0 Å². The lowest BCUT2D eigenvalue weighted by Crippen LogP contribution is -2.39. The van der Waals surface area contributed by atoms with Crippen LogP contribution in [0.2, 0.25) is 0 Å². The largest absolute Gasteiger partial charge is 0.463 e. The number of aromatic nitrogens is 4. The molecule has 0 bridgehead atoms. The molecule has 0 aliphatic carbocycles. The highest BCUT2D eigenvalue weighted by Gasteiger charge is 2.29. The van der Waals surface area contributed by atoms with Gasteiger partial charge in [0.1, 0.15) is 27.0 Å². The van der Waals surface area contributed by atoms with Crippen LogP contribution < -0.4 is 17.0 Å². The van der Waals surface area contributed by atoms with Crippen LogP contribution in [-0.2, 0) is 14.1 Å². The molecule has 0 radical (unpaired) electrons. The molecule has 11 heteroatoms. The highest BCUT2D eigenvalue weighted by Crippen LogP contribution is 2.36. The first-order valence-corrected chi connectivity index (χ1v) is 10.7. The lowest BCUT2D eigenvalue weighted by molar-refractivity contribution is 0.101. The van der Waals surface area contributed by atoms with E-state index in [0.29, 0.717) is 22.6 Å². The summed E-state index contributed by atoms with van der Waals surface area (Å²) in [7, 11) is 2.79. The summed E-state index contributed by atoms with van der Waals surface area (Å²) in [6, 6.07) is 3.30. The fraction of sp³-hybridized carbons (Fsp3) is 0.227. The Bertz CT molecular complexity index is 1550. The van der Waals surface area contributed by atoms with Gasteiger partial charge in [-0.05, 0) is 38.5 Å². The molecule has 10 nitrogen and oxygen atoms in total. The number of hydrogen-bond donors (Lipinski definition) is 2. The average Bonchev–Trinajstić information content (AvgIpc) is 3.49. The van der Waals surface area contributed by atoms with Crippen molar-refractivity contribution in [2.24, 2.45) is 14.1 Å². The number of thiazole rings is 1. The Kier molecular flexibility index (Phi) is 5.29. The minimum Gasteiger partial charge on any atom is -0.463 e. The van der Waals surface area contributed by atoms with E-state index in [4.69, 9.17) is 10.2 Å². The molecule has 170 valence electrons. The third kappa shape index (κ3) is 3.37. The number of rotatable bonds is 5. The van der Waals surface area contributed by atoms with Crippen LogP contribution in [0.3, 0.4) is 0 Å². The van der Waals surface area contributed by atoms with Crippen molar-refractivity contribution in [3.63, 3.8) is 0 Å². The maximum Gasteiger partial charge on any atom is 0.332 e. The van der Waals surface area contributed by atoms with Crippen LogP contribution in [0.5, 0.6) is 0 Å². The Balaban J connectivity index is 1.98. The standard InChI is InChI=1S/C22H21N5O5S/c1-9-13(11(3)28)10(2)24-15(9)17(29)18-16(12-7-6-8-32-12)25-20(33-18)14-19(23)26(4)22(31)27(5)21(14)30/h6-8,24H,23H2,1-5H3. The number of nitrogens with two attached hydrogens (primary N) is 1. The number of nitrogens with one attached hydrogen (secondary N) is 1. The SMILES string of the molecule is CC(=O)c1c(C)[nH]c(C(=O)c2sc(-c3c(N)n(C)c(=O)n(C)c3=O)nc2-c2ccco2)c1C. The van der Waals surface area contributed by atoms with Gasteiger partial charge in [-0.15, -0.1) is 11.3 Å². The van der Waals surface area contributed by atoms with Crippen LogP contribution in [0.15, 0.2) is 32.4 Å². The molecule has 4 aromatic heterocycles. The van der Waals surface area contributed by atoms with E-state index >= 15 is 0 Å². The monoisotopic (exact) mass is 467 g/mol. The van der Waals surface area contributed by atoms with Gasteiger partial charge < -0.3 is 15.1 Å². The molecule has 0 amide bonds. The number of ketones is 2. The number of aryl methyl sites for hydroxylation is 1. The van der Waals surface area contributed by atoms with E-state index in [0.717, 1.165) is 20.5 Å². The molecule has 0 aliphatic rings. The van der Waals surface area contributed by atoms with Gasteiger partial charge in [-0.2, -0.15) is 0 Å². The molecule has 4 rings (SSSR count). The first-order valence-electron chi connectivity index (χ1n) is 9.89. The van der Waals surface area contributed by atoms with Gasteiger partial charge in [-0.3, -0.25) is 23.5 Å². The van der Waals surface area contributed by atoms with E-state index in [2.05, 4.69) is 9.97 Å². The van der Waals surface area contributed by atoms with Crippen LogP contribution in [0, 0.1) is 13.8 Å². The number of Topliss-reactive ketones (excluding diaryl/α,β-unsaturated/α-hetero) is 1. The second-order valence-corrected chi connectivity index (χ2v) is 8.65. The van der Waals surface area contributed by atoms with E-state index < -0.39 is 17.0 Å². The van der Waals surface area contributed by atoms with E-state index in [1.54, 1.807) is 26.0 Å². The molecule has 0 spiro atoms. The highest BCUT2D eigenvalue weighted by molar-refractivity contribution is 7.17. The predicted octanol–water partition coefficient (Wildman–Crippen LogP) is 2.43. The fourth-order valence-electron chi connectivity index (χ4n) is 3.84. The lowest BCUT2D eigenvalue weighted by Gasteiger charge is -2.09. The van der Waals surface area contributed by atoms with Crippen molar-refractivity contribution in [3.05, 3.63) is 66.6 Å². The summed E-state index contributed by atoms with van der Waals surface area (Å²) in [5, 5.41) is 0.172. The minimum atomic E-state index is -0.625. The van der Waals surface area contributed by atoms with Gasteiger partial charge in [0.2, 0.25) is 5.78 Å². The Hall–Kier alpha value is -3.99. The summed E-state index contributed by atoms with van der Waals surface area (Å²) in [4.78, 5) is 58.4. The average molecular weight is 468 g/mol. The Morgan fingerprint density at radius 3 is 2.45 bits per heavy atom. The second kappa shape index (κ2) is 7.85. The van der Waals surface area contributed by atoms with Crippen molar-refractivity contribution in [1.82, 2.24) is 19.1 Å². The number of anilines is 1. The Morgan fingerprint density at radius 1 is 1.18 bits per heavy atom. The third-order valence-corrected chi connectivity index (χ3v) is 6.60. The number of nitrogen functional groups attached to an aromatic ring is 1. The van der Waals surface area contributed by atoms with Gasteiger partial charge in [0.05, 0.1) is 12.0 Å². The molecule has 0 saturated carbocycles. The Labute approximate surface area is 191 Å². The molecule has 4 aromatic rings. The van der Waals surface area contributed by atoms with Gasteiger partial charge in [0, 0.05) is 25.4 Å². The molecule has 0 aliphatic heterocycles. The second-order valence-electron chi connectivity index (χ2n) is 7.65. The first kappa shape index (κ1) is 22.2.